The van der Waals surface area contributed by atoms with Crippen molar-refractivity contribution in [3.8, 4) is 5.75 Å². The van der Waals surface area contributed by atoms with E-state index in [2.05, 4.69) is 15.1 Å². The molecule has 0 aliphatic rings. The monoisotopic (exact) mass is 414 g/mol. The number of aryl methyl sites for hydroxylation is 1. The van der Waals surface area contributed by atoms with Crippen molar-refractivity contribution in [2.45, 2.75) is 4.90 Å². The van der Waals surface area contributed by atoms with Gasteiger partial charge in [0.25, 0.3) is 21.5 Å². The Hall–Kier alpha value is -3.66. The van der Waals surface area contributed by atoms with Gasteiger partial charge in [0.1, 0.15) is 11.4 Å². The van der Waals surface area contributed by atoms with E-state index in [0.29, 0.717) is 11.4 Å². The molecule has 0 fully saturated rings. The van der Waals surface area contributed by atoms with Crippen LogP contribution in [0.5, 0.6) is 5.75 Å². The van der Waals surface area contributed by atoms with Gasteiger partial charge < -0.3 is 10.1 Å². The molecular weight excluding hydrogens is 396 g/mol. The first-order valence-corrected chi connectivity index (χ1v) is 9.90. The molecule has 0 atom stereocenters. The van der Waals surface area contributed by atoms with Crippen LogP contribution < -0.4 is 20.3 Å². The van der Waals surface area contributed by atoms with Crippen molar-refractivity contribution in [2.24, 2.45) is 7.05 Å². The summed E-state index contributed by atoms with van der Waals surface area (Å²) in [5.74, 6) is -0.200. The topological polar surface area (TPSA) is 119 Å². The van der Waals surface area contributed by atoms with Crippen molar-refractivity contribution in [2.75, 3.05) is 17.1 Å². The normalized spacial score (nSPS) is 11.0. The molecule has 0 saturated heterocycles. The van der Waals surface area contributed by atoms with E-state index in [9.17, 15) is 18.0 Å². The highest BCUT2D eigenvalue weighted by Crippen LogP contribution is 2.26. The van der Waals surface area contributed by atoms with E-state index in [1.165, 1.54) is 44.5 Å². The van der Waals surface area contributed by atoms with Gasteiger partial charge in [-0.1, -0.05) is 18.2 Å². The van der Waals surface area contributed by atoms with E-state index in [1.54, 1.807) is 30.3 Å². The molecule has 3 rings (SSSR count). The lowest BCUT2D eigenvalue weighted by atomic mass is 10.3. The number of rotatable bonds is 6. The first-order chi connectivity index (χ1) is 13.8. The molecule has 9 nitrogen and oxygen atoms in total. The molecule has 1 heterocycles. The number of benzene rings is 2. The zero-order valence-corrected chi connectivity index (χ0v) is 16.4. The number of sulfonamides is 1. The number of para-hydroxylation sites is 2. The summed E-state index contributed by atoms with van der Waals surface area (Å²) in [7, 11) is -1.06. The van der Waals surface area contributed by atoms with E-state index >= 15 is 0 Å². The Morgan fingerprint density at radius 3 is 2.55 bits per heavy atom. The quantitative estimate of drug-likeness (QED) is 0.635. The van der Waals surface area contributed by atoms with Gasteiger partial charge in [-0.05, 0) is 36.4 Å². The van der Waals surface area contributed by atoms with Crippen LogP contribution in [0.3, 0.4) is 0 Å². The van der Waals surface area contributed by atoms with Gasteiger partial charge in [0, 0.05) is 18.8 Å². The average molecular weight is 414 g/mol. The number of nitrogens with zero attached hydrogens (tertiary/aromatic N) is 2. The van der Waals surface area contributed by atoms with E-state index in [4.69, 9.17) is 4.74 Å². The summed E-state index contributed by atoms with van der Waals surface area (Å²) < 4.78 is 34.1. The molecule has 0 radical (unpaired) electrons. The summed E-state index contributed by atoms with van der Waals surface area (Å²) in [5, 5.41) is 6.43. The molecule has 2 aromatic carbocycles. The van der Waals surface area contributed by atoms with Crippen LogP contribution in [0, 0.1) is 0 Å². The third-order valence-corrected chi connectivity index (χ3v) is 5.31. The zero-order valence-electron chi connectivity index (χ0n) is 15.6. The number of aromatic nitrogens is 2. The zero-order chi connectivity index (χ0) is 21.0. The van der Waals surface area contributed by atoms with Gasteiger partial charge in [-0.15, -0.1) is 0 Å². The van der Waals surface area contributed by atoms with Crippen LogP contribution in [0.2, 0.25) is 0 Å². The number of carbonyl (C=O) groups is 1. The SMILES string of the molecule is COc1ccccc1NS(=O)(=O)c1cccc(NC(=O)c2ccc(=O)n(C)n2)c1. The van der Waals surface area contributed by atoms with Gasteiger partial charge in [-0.25, -0.2) is 13.1 Å². The molecule has 29 heavy (non-hydrogen) atoms. The summed E-state index contributed by atoms with van der Waals surface area (Å²) in [5.41, 5.74) is 0.219. The lowest BCUT2D eigenvalue weighted by Crippen LogP contribution is -2.23. The molecule has 150 valence electrons. The van der Waals surface area contributed by atoms with Gasteiger partial charge in [-0.3, -0.25) is 14.3 Å². The lowest BCUT2D eigenvalue weighted by Gasteiger charge is -2.12. The second-order valence-electron chi connectivity index (χ2n) is 5.97. The van der Waals surface area contributed by atoms with Crippen molar-refractivity contribution in [1.29, 1.82) is 0 Å². The molecule has 1 amide bonds. The predicted octanol–water partition coefficient (Wildman–Crippen LogP) is 1.84. The molecule has 10 heteroatoms. The van der Waals surface area contributed by atoms with Crippen molar-refractivity contribution < 1.29 is 17.9 Å². The maximum Gasteiger partial charge on any atom is 0.276 e. The van der Waals surface area contributed by atoms with Crippen LogP contribution in [0.25, 0.3) is 0 Å². The van der Waals surface area contributed by atoms with E-state index < -0.39 is 15.9 Å². The summed E-state index contributed by atoms with van der Waals surface area (Å²) in [6, 6.07) is 14.9. The molecule has 0 unspecified atom stereocenters. The number of ether oxygens (including phenoxy) is 1. The first kappa shape index (κ1) is 20.1. The van der Waals surface area contributed by atoms with Gasteiger partial charge in [0.05, 0.1) is 17.7 Å². The predicted molar refractivity (Wildman–Crippen MR) is 108 cm³/mol. The number of hydrogen-bond acceptors (Lipinski definition) is 6. The molecule has 0 aliphatic heterocycles. The first-order valence-electron chi connectivity index (χ1n) is 8.42. The van der Waals surface area contributed by atoms with Crippen LogP contribution in [0.1, 0.15) is 10.5 Å². The number of amides is 1. The molecule has 0 bridgehead atoms. The molecule has 1 aromatic heterocycles. The molecule has 0 aliphatic carbocycles. The smallest absolute Gasteiger partial charge is 0.276 e. The van der Waals surface area contributed by atoms with Gasteiger partial charge in [0.15, 0.2) is 0 Å². The third kappa shape index (κ3) is 4.61. The largest absolute Gasteiger partial charge is 0.495 e. The molecule has 0 saturated carbocycles. The van der Waals surface area contributed by atoms with E-state index in [0.717, 1.165) is 4.68 Å². The molecule has 2 N–H and O–H groups in total. The number of anilines is 2. The maximum absolute atomic E-state index is 12.7. The second kappa shape index (κ2) is 8.15. The van der Waals surface area contributed by atoms with Gasteiger partial charge in [0.2, 0.25) is 0 Å². The second-order valence-corrected chi connectivity index (χ2v) is 7.65. The van der Waals surface area contributed by atoms with E-state index in [-0.39, 0.29) is 21.8 Å². The van der Waals surface area contributed by atoms with Crippen molar-refractivity contribution in [1.82, 2.24) is 9.78 Å². The standard InChI is InChI=1S/C19H18N4O5S/c1-23-18(24)11-10-16(21-23)19(25)20-13-6-5-7-14(12-13)29(26,27)22-15-8-3-4-9-17(15)28-2/h3-12,22H,1-2H3,(H,20,25). The minimum absolute atomic E-state index is 0.0208. The highest BCUT2D eigenvalue weighted by Gasteiger charge is 2.18. The van der Waals surface area contributed by atoms with Crippen LogP contribution in [-0.4, -0.2) is 31.2 Å². The maximum atomic E-state index is 12.7. The number of carbonyl (C=O) groups excluding carboxylic acids is 1. The fourth-order valence-electron chi connectivity index (χ4n) is 2.49. The fraction of sp³-hybridized carbons (Fsp3) is 0.105. The van der Waals surface area contributed by atoms with E-state index in [1.807, 2.05) is 0 Å². The van der Waals surface area contributed by atoms with Crippen LogP contribution >= 0.6 is 0 Å². The number of methoxy groups -OCH3 is 1. The van der Waals surface area contributed by atoms with Crippen molar-refractivity contribution >= 4 is 27.3 Å². The summed E-state index contributed by atoms with van der Waals surface area (Å²) in [6.07, 6.45) is 0. The van der Waals surface area contributed by atoms with Crippen LogP contribution in [-0.2, 0) is 17.1 Å². The summed E-state index contributed by atoms with van der Waals surface area (Å²) in [6.45, 7) is 0. The molecule has 3 aromatic rings. The Labute approximate surface area is 167 Å². The molecular formula is C19H18N4O5S. The van der Waals surface area contributed by atoms with Crippen LogP contribution in [0.4, 0.5) is 11.4 Å². The summed E-state index contributed by atoms with van der Waals surface area (Å²) >= 11 is 0. The Morgan fingerprint density at radius 1 is 1.07 bits per heavy atom. The Morgan fingerprint density at radius 2 is 1.83 bits per heavy atom. The average Bonchev–Trinajstić information content (AvgIpc) is 2.70. The highest BCUT2D eigenvalue weighted by atomic mass is 32.2. The Balaban J connectivity index is 1.83. The minimum Gasteiger partial charge on any atom is -0.495 e. The molecule has 0 spiro atoms. The van der Waals surface area contributed by atoms with Gasteiger partial charge >= 0.3 is 0 Å². The van der Waals surface area contributed by atoms with Crippen LogP contribution in [0.15, 0.2) is 70.4 Å². The minimum atomic E-state index is -3.92. The van der Waals surface area contributed by atoms with Gasteiger partial charge in [-0.2, -0.15) is 5.10 Å². The Bertz CT molecular complexity index is 1220. The van der Waals surface area contributed by atoms with Crippen molar-refractivity contribution in [3.05, 3.63) is 76.7 Å². The fourth-order valence-corrected chi connectivity index (χ4v) is 3.61. The lowest BCUT2D eigenvalue weighted by molar-refractivity contribution is 0.102. The highest BCUT2D eigenvalue weighted by molar-refractivity contribution is 7.92. The third-order valence-electron chi connectivity index (χ3n) is 3.95. The summed E-state index contributed by atoms with van der Waals surface area (Å²) in [4.78, 5) is 23.7. The van der Waals surface area contributed by atoms with Crippen molar-refractivity contribution in [3.63, 3.8) is 0 Å². The number of nitrogens with one attached hydrogen (secondary N) is 2. The number of hydrogen-bond donors (Lipinski definition) is 2. The Kier molecular flexibility index (Phi) is 5.64.